The summed E-state index contributed by atoms with van der Waals surface area (Å²) in [5.74, 6) is 1.34. The lowest BCUT2D eigenvalue weighted by molar-refractivity contribution is 0.340. The Labute approximate surface area is 182 Å². The van der Waals surface area contributed by atoms with Crippen LogP contribution in [0.1, 0.15) is 18.1 Å². The molecule has 0 aliphatic rings. The average Bonchev–Trinajstić information content (AvgIpc) is 2.75. The second-order valence-electron chi connectivity index (χ2n) is 6.72. The minimum Gasteiger partial charge on any atom is -0.497 e. The molecule has 4 nitrogen and oxygen atoms in total. The van der Waals surface area contributed by atoms with Gasteiger partial charge in [0.25, 0.3) is 0 Å². The second kappa shape index (κ2) is 10.6. The maximum absolute atomic E-state index is 13.7. The van der Waals surface area contributed by atoms with E-state index in [1.165, 1.54) is 12.1 Å². The Morgan fingerprint density at radius 1 is 0.933 bits per heavy atom. The lowest BCUT2D eigenvalue weighted by Gasteiger charge is -2.26. The number of hydrogen-bond acceptors (Lipinski definition) is 3. The summed E-state index contributed by atoms with van der Waals surface area (Å²) in [4.78, 5) is 2.00. The van der Waals surface area contributed by atoms with Crippen molar-refractivity contribution in [1.82, 2.24) is 4.90 Å². The predicted molar refractivity (Wildman–Crippen MR) is 122 cm³/mol. The van der Waals surface area contributed by atoms with Crippen LogP contribution < -0.4 is 14.8 Å². The van der Waals surface area contributed by atoms with E-state index in [0.29, 0.717) is 24.8 Å². The van der Waals surface area contributed by atoms with Gasteiger partial charge in [-0.15, -0.1) is 0 Å². The summed E-state index contributed by atoms with van der Waals surface area (Å²) < 4.78 is 24.4. The third-order valence-corrected chi connectivity index (χ3v) is 4.86. The fourth-order valence-electron chi connectivity index (χ4n) is 3.01. The molecule has 0 radical (unpaired) electrons. The van der Waals surface area contributed by atoms with Crippen LogP contribution in [-0.4, -0.2) is 23.7 Å². The molecule has 0 aliphatic heterocycles. The zero-order valence-electron chi connectivity index (χ0n) is 17.1. The lowest BCUT2D eigenvalue weighted by atomic mass is 10.1. The Balaban J connectivity index is 1.76. The van der Waals surface area contributed by atoms with Crippen LogP contribution in [0.15, 0.2) is 72.8 Å². The fraction of sp³-hybridized carbons (Fsp3) is 0.208. The monoisotopic (exact) mass is 424 g/mol. The highest BCUT2D eigenvalue weighted by atomic mass is 32.1. The van der Waals surface area contributed by atoms with Crippen molar-refractivity contribution >= 4 is 23.0 Å². The molecule has 30 heavy (non-hydrogen) atoms. The lowest BCUT2D eigenvalue weighted by Crippen LogP contribution is -2.33. The molecule has 0 unspecified atom stereocenters. The number of nitrogens with one attached hydrogen (secondary N) is 1. The van der Waals surface area contributed by atoms with Crippen LogP contribution in [0, 0.1) is 5.82 Å². The molecule has 156 valence electrons. The molecular weight excluding hydrogens is 399 g/mol. The average molecular weight is 425 g/mol. The highest BCUT2D eigenvalue weighted by molar-refractivity contribution is 7.80. The Bertz CT molecular complexity index is 962. The first-order chi connectivity index (χ1) is 14.6. The second-order valence-corrected chi connectivity index (χ2v) is 7.11. The summed E-state index contributed by atoms with van der Waals surface area (Å²) >= 11 is 5.69. The molecule has 0 saturated heterocycles. The number of rotatable bonds is 8. The van der Waals surface area contributed by atoms with Crippen molar-refractivity contribution in [1.29, 1.82) is 0 Å². The number of benzene rings is 3. The molecule has 0 saturated carbocycles. The molecule has 3 aromatic rings. The molecule has 1 N–H and O–H groups in total. The van der Waals surface area contributed by atoms with Gasteiger partial charge in [-0.1, -0.05) is 24.3 Å². The van der Waals surface area contributed by atoms with Crippen molar-refractivity contribution in [2.45, 2.75) is 20.0 Å². The maximum atomic E-state index is 13.7. The summed E-state index contributed by atoms with van der Waals surface area (Å²) in [5.41, 5.74) is 2.78. The van der Waals surface area contributed by atoms with Crippen molar-refractivity contribution < 1.29 is 13.9 Å². The van der Waals surface area contributed by atoms with E-state index in [9.17, 15) is 4.39 Å². The molecule has 0 amide bonds. The molecule has 3 rings (SSSR count). The van der Waals surface area contributed by atoms with E-state index in [-0.39, 0.29) is 5.82 Å². The molecule has 0 fully saturated rings. The van der Waals surface area contributed by atoms with E-state index in [1.807, 2.05) is 66.4 Å². The largest absolute Gasteiger partial charge is 0.497 e. The van der Waals surface area contributed by atoms with Crippen LogP contribution in [0.2, 0.25) is 0 Å². The molecule has 0 heterocycles. The standard InChI is InChI=1S/C24H25FN2O2S/c1-3-29-23-13-9-21(10-14-23)26-24(30)27(17-19-5-4-6-20(25)15-19)16-18-7-11-22(28-2)12-8-18/h4-15H,3,16-17H2,1-2H3,(H,26,30). The Kier molecular flexibility index (Phi) is 7.63. The zero-order valence-corrected chi connectivity index (χ0v) is 17.9. The van der Waals surface area contributed by atoms with Gasteiger partial charge in [0.15, 0.2) is 5.11 Å². The summed E-state index contributed by atoms with van der Waals surface area (Å²) in [6.07, 6.45) is 0. The molecule has 0 aromatic heterocycles. The van der Waals surface area contributed by atoms with Gasteiger partial charge in [0, 0.05) is 18.8 Å². The predicted octanol–water partition coefficient (Wildman–Crippen LogP) is 5.63. The number of ether oxygens (including phenoxy) is 2. The van der Waals surface area contributed by atoms with Gasteiger partial charge in [-0.25, -0.2) is 4.39 Å². The van der Waals surface area contributed by atoms with Crippen LogP contribution in [-0.2, 0) is 13.1 Å². The van der Waals surface area contributed by atoms with Gasteiger partial charge in [-0.3, -0.25) is 0 Å². The minimum absolute atomic E-state index is 0.262. The summed E-state index contributed by atoms with van der Waals surface area (Å²) in [6, 6.07) is 22.0. The Morgan fingerprint density at radius 3 is 2.23 bits per heavy atom. The summed E-state index contributed by atoms with van der Waals surface area (Å²) in [6.45, 7) is 3.62. The highest BCUT2D eigenvalue weighted by Crippen LogP contribution is 2.19. The number of anilines is 1. The number of nitrogens with zero attached hydrogens (tertiary/aromatic N) is 1. The first-order valence-corrected chi connectivity index (χ1v) is 10.1. The zero-order chi connectivity index (χ0) is 21.3. The number of halogens is 1. The van der Waals surface area contributed by atoms with Crippen molar-refractivity contribution in [3.8, 4) is 11.5 Å². The fourth-order valence-corrected chi connectivity index (χ4v) is 3.26. The molecule has 3 aromatic carbocycles. The van der Waals surface area contributed by atoms with Crippen LogP contribution in [0.4, 0.5) is 10.1 Å². The maximum Gasteiger partial charge on any atom is 0.174 e. The highest BCUT2D eigenvalue weighted by Gasteiger charge is 2.13. The number of methoxy groups -OCH3 is 1. The van der Waals surface area contributed by atoms with Gasteiger partial charge in [-0.05, 0) is 78.8 Å². The van der Waals surface area contributed by atoms with Gasteiger partial charge in [0.1, 0.15) is 17.3 Å². The molecular formula is C24H25FN2O2S. The topological polar surface area (TPSA) is 33.7 Å². The summed E-state index contributed by atoms with van der Waals surface area (Å²) in [5, 5.41) is 3.83. The first kappa shape index (κ1) is 21.6. The van der Waals surface area contributed by atoms with Gasteiger partial charge < -0.3 is 19.7 Å². The Morgan fingerprint density at radius 2 is 1.60 bits per heavy atom. The van der Waals surface area contributed by atoms with Gasteiger partial charge in [-0.2, -0.15) is 0 Å². The van der Waals surface area contributed by atoms with E-state index >= 15 is 0 Å². The van der Waals surface area contributed by atoms with Crippen LogP contribution in [0.5, 0.6) is 11.5 Å². The number of hydrogen-bond donors (Lipinski definition) is 1. The van der Waals surface area contributed by atoms with Gasteiger partial charge in [0.05, 0.1) is 13.7 Å². The van der Waals surface area contributed by atoms with E-state index in [2.05, 4.69) is 5.32 Å². The van der Waals surface area contributed by atoms with Crippen LogP contribution in [0.3, 0.4) is 0 Å². The number of thiocarbonyl (C=S) groups is 1. The normalized spacial score (nSPS) is 10.4. The van der Waals surface area contributed by atoms with E-state index in [4.69, 9.17) is 21.7 Å². The molecule has 0 bridgehead atoms. The van der Waals surface area contributed by atoms with E-state index in [1.54, 1.807) is 13.2 Å². The smallest absolute Gasteiger partial charge is 0.174 e. The third-order valence-electron chi connectivity index (χ3n) is 4.50. The van der Waals surface area contributed by atoms with Crippen molar-refractivity contribution in [2.24, 2.45) is 0 Å². The quantitative estimate of drug-likeness (QED) is 0.474. The van der Waals surface area contributed by atoms with Crippen molar-refractivity contribution in [3.05, 3.63) is 89.7 Å². The van der Waals surface area contributed by atoms with E-state index in [0.717, 1.165) is 28.3 Å². The van der Waals surface area contributed by atoms with Gasteiger partial charge >= 0.3 is 0 Å². The van der Waals surface area contributed by atoms with Crippen molar-refractivity contribution in [2.75, 3.05) is 19.0 Å². The Hall–Kier alpha value is -3.12. The van der Waals surface area contributed by atoms with E-state index < -0.39 is 0 Å². The van der Waals surface area contributed by atoms with Crippen molar-refractivity contribution in [3.63, 3.8) is 0 Å². The van der Waals surface area contributed by atoms with Gasteiger partial charge in [0.2, 0.25) is 0 Å². The SMILES string of the molecule is CCOc1ccc(NC(=S)N(Cc2ccc(OC)cc2)Cc2cccc(F)c2)cc1. The molecule has 0 aliphatic carbocycles. The third kappa shape index (κ3) is 6.19. The summed E-state index contributed by atoms with van der Waals surface area (Å²) in [7, 11) is 1.64. The van der Waals surface area contributed by atoms with Crippen LogP contribution >= 0.6 is 12.2 Å². The molecule has 6 heteroatoms. The first-order valence-electron chi connectivity index (χ1n) is 9.73. The minimum atomic E-state index is -0.262. The molecule has 0 atom stereocenters. The van der Waals surface area contributed by atoms with Crippen LogP contribution in [0.25, 0.3) is 0 Å². The molecule has 0 spiro atoms.